The highest BCUT2D eigenvalue weighted by Crippen LogP contribution is 2.18. The number of halogens is 3. The van der Waals surface area contributed by atoms with E-state index in [1.165, 1.54) is 0 Å². The lowest BCUT2D eigenvalue weighted by Gasteiger charge is -2.15. The molecular weight excluding hydrogens is 119 g/mol. The summed E-state index contributed by atoms with van der Waals surface area (Å²) in [5.74, 6) is 0. The van der Waals surface area contributed by atoms with Crippen LogP contribution in [0.5, 0.6) is 0 Å². The van der Waals surface area contributed by atoms with Gasteiger partial charge in [-0.1, -0.05) is 6.58 Å². The van der Waals surface area contributed by atoms with E-state index in [1.807, 2.05) is 0 Å². The second kappa shape index (κ2) is 2.07. The molecule has 0 N–H and O–H groups in total. The number of hydrogen-bond acceptors (Lipinski definition) is 1. The highest BCUT2D eigenvalue weighted by molar-refractivity contribution is 4.67. The van der Waals surface area contributed by atoms with Gasteiger partial charge in [0.05, 0.1) is 0 Å². The summed E-state index contributed by atoms with van der Waals surface area (Å²) >= 11 is 0. The summed E-state index contributed by atoms with van der Waals surface area (Å²) in [4.78, 5) is 0.0764. The van der Waals surface area contributed by atoms with Crippen molar-refractivity contribution in [2.45, 2.75) is 6.30 Å². The van der Waals surface area contributed by atoms with Gasteiger partial charge < -0.3 is 0 Å². The minimum absolute atomic E-state index is 0.0764. The highest BCUT2D eigenvalue weighted by atomic mass is 19.4. The van der Waals surface area contributed by atoms with Gasteiger partial charge in [-0.2, -0.15) is 13.2 Å². The molecule has 0 aliphatic rings. The number of hydrogen-bond donors (Lipinski definition) is 0. The van der Waals surface area contributed by atoms with Crippen LogP contribution in [0.4, 0.5) is 13.2 Å². The van der Waals surface area contributed by atoms with Crippen molar-refractivity contribution in [2.75, 3.05) is 7.05 Å². The van der Waals surface area contributed by atoms with Crippen molar-refractivity contribution in [3.05, 3.63) is 12.8 Å². The van der Waals surface area contributed by atoms with Crippen molar-refractivity contribution in [3.63, 3.8) is 0 Å². The molecule has 0 aromatic rings. The fourth-order valence-corrected chi connectivity index (χ4v) is 0.104. The summed E-state index contributed by atoms with van der Waals surface area (Å²) in [5.41, 5.74) is 0. The third-order valence-electron chi connectivity index (χ3n) is 0.674. The van der Waals surface area contributed by atoms with Crippen LogP contribution < -0.4 is 0 Å². The molecular formula is C4H6F3N. The normalized spacial score (nSPS) is 11.0. The summed E-state index contributed by atoms with van der Waals surface area (Å²) in [5, 5.41) is 0. The number of alkyl halides is 3. The summed E-state index contributed by atoms with van der Waals surface area (Å²) in [6.45, 7) is 2.93. The van der Waals surface area contributed by atoms with Crippen LogP contribution in [0.2, 0.25) is 0 Å². The SMILES string of the molecule is C=CN(C)C(F)(F)F. The quantitative estimate of drug-likeness (QED) is 0.481. The lowest BCUT2D eigenvalue weighted by atomic mass is 10.8. The van der Waals surface area contributed by atoms with Gasteiger partial charge in [0, 0.05) is 7.05 Å². The van der Waals surface area contributed by atoms with Gasteiger partial charge in [0.1, 0.15) is 0 Å². The molecule has 0 atom stereocenters. The molecule has 0 spiro atoms. The first-order chi connectivity index (χ1) is 3.48. The molecule has 0 fully saturated rings. The molecule has 0 aliphatic carbocycles. The molecule has 0 aliphatic heterocycles. The monoisotopic (exact) mass is 125 g/mol. The molecule has 0 bridgehead atoms. The van der Waals surface area contributed by atoms with Gasteiger partial charge in [-0.15, -0.1) is 0 Å². The molecule has 0 rings (SSSR count). The molecule has 0 saturated heterocycles. The first kappa shape index (κ1) is 7.33. The van der Waals surface area contributed by atoms with Gasteiger partial charge in [0.25, 0.3) is 0 Å². The molecule has 0 heterocycles. The van der Waals surface area contributed by atoms with E-state index in [-0.39, 0.29) is 4.90 Å². The van der Waals surface area contributed by atoms with E-state index in [2.05, 4.69) is 6.58 Å². The van der Waals surface area contributed by atoms with Crippen molar-refractivity contribution in [2.24, 2.45) is 0 Å². The van der Waals surface area contributed by atoms with Gasteiger partial charge in [-0.25, -0.2) is 0 Å². The van der Waals surface area contributed by atoms with Crippen LogP contribution in [-0.4, -0.2) is 18.2 Å². The van der Waals surface area contributed by atoms with Crippen molar-refractivity contribution in [3.8, 4) is 0 Å². The lowest BCUT2D eigenvalue weighted by Crippen LogP contribution is -2.28. The van der Waals surface area contributed by atoms with Crippen LogP contribution in [0, 0.1) is 0 Å². The Balaban J connectivity index is 3.80. The molecule has 0 aromatic heterocycles. The molecule has 0 saturated carbocycles. The third-order valence-corrected chi connectivity index (χ3v) is 0.674. The average Bonchev–Trinajstić information content (AvgIpc) is 1.62. The van der Waals surface area contributed by atoms with Crippen LogP contribution in [0.15, 0.2) is 12.8 Å². The Morgan fingerprint density at radius 2 is 1.88 bits per heavy atom. The fraction of sp³-hybridized carbons (Fsp3) is 0.500. The molecule has 8 heavy (non-hydrogen) atoms. The molecule has 0 radical (unpaired) electrons. The Morgan fingerprint density at radius 3 is 1.88 bits per heavy atom. The zero-order valence-electron chi connectivity index (χ0n) is 4.37. The Labute approximate surface area is 45.4 Å². The molecule has 1 nitrogen and oxygen atoms in total. The maximum Gasteiger partial charge on any atom is 0.484 e. The topological polar surface area (TPSA) is 3.24 Å². The van der Waals surface area contributed by atoms with Crippen LogP contribution in [0.1, 0.15) is 0 Å². The summed E-state index contributed by atoms with van der Waals surface area (Å²) in [6, 6.07) is 0. The van der Waals surface area contributed by atoms with E-state index >= 15 is 0 Å². The van der Waals surface area contributed by atoms with E-state index in [1.54, 1.807) is 0 Å². The zero-order chi connectivity index (χ0) is 6.78. The molecule has 0 aromatic carbocycles. The van der Waals surface area contributed by atoms with Crippen LogP contribution in [0.25, 0.3) is 0 Å². The van der Waals surface area contributed by atoms with Crippen molar-refractivity contribution in [1.29, 1.82) is 0 Å². The largest absolute Gasteiger partial charge is 0.484 e. The highest BCUT2D eigenvalue weighted by Gasteiger charge is 2.30. The first-order valence-electron chi connectivity index (χ1n) is 1.90. The lowest BCUT2D eigenvalue weighted by molar-refractivity contribution is -0.218. The van der Waals surface area contributed by atoms with Gasteiger partial charge in [0.15, 0.2) is 0 Å². The summed E-state index contributed by atoms with van der Waals surface area (Å²) in [7, 11) is 0.896. The Hall–Kier alpha value is -0.670. The van der Waals surface area contributed by atoms with E-state index in [0.717, 1.165) is 7.05 Å². The first-order valence-corrected chi connectivity index (χ1v) is 1.90. The zero-order valence-corrected chi connectivity index (χ0v) is 4.37. The molecule has 0 amide bonds. The van der Waals surface area contributed by atoms with Gasteiger partial charge in [-0.3, -0.25) is 4.90 Å². The average molecular weight is 125 g/mol. The van der Waals surface area contributed by atoms with Crippen LogP contribution >= 0.6 is 0 Å². The van der Waals surface area contributed by atoms with Gasteiger partial charge in [0.2, 0.25) is 0 Å². The number of rotatable bonds is 1. The molecule has 0 unspecified atom stereocenters. The van der Waals surface area contributed by atoms with Crippen LogP contribution in [-0.2, 0) is 0 Å². The standard InChI is InChI=1S/C4H6F3N/c1-3-8(2)4(5,6)7/h3H,1H2,2H3. The maximum atomic E-state index is 11.3. The van der Waals surface area contributed by atoms with E-state index in [9.17, 15) is 13.2 Å². The third kappa shape index (κ3) is 1.86. The van der Waals surface area contributed by atoms with E-state index in [0.29, 0.717) is 6.20 Å². The van der Waals surface area contributed by atoms with E-state index in [4.69, 9.17) is 0 Å². The Kier molecular flexibility index (Phi) is 1.89. The predicted molar refractivity (Wildman–Crippen MR) is 24.0 cm³/mol. The second-order valence-electron chi connectivity index (χ2n) is 1.26. The molecule has 4 heteroatoms. The molecule has 48 valence electrons. The minimum atomic E-state index is -4.28. The number of nitrogens with zero attached hydrogens (tertiary/aromatic N) is 1. The Bertz CT molecular complexity index is 85.8. The second-order valence-corrected chi connectivity index (χ2v) is 1.26. The van der Waals surface area contributed by atoms with Crippen molar-refractivity contribution >= 4 is 0 Å². The summed E-state index contributed by atoms with van der Waals surface area (Å²) < 4.78 is 33.9. The maximum absolute atomic E-state index is 11.3. The minimum Gasteiger partial charge on any atom is -0.294 e. The smallest absolute Gasteiger partial charge is 0.294 e. The van der Waals surface area contributed by atoms with Gasteiger partial charge in [-0.05, 0) is 6.20 Å². The fourth-order valence-electron chi connectivity index (χ4n) is 0.104. The van der Waals surface area contributed by atoms with Crippen LogP contribution in [0.3, 0.4) is 0 Å². The van der Waals surface area contributed by atoms with Gasteiger partial charge >= 0.3 is 6.30 Å². The Morgan fingerprint density at radius 1 is 1.50 bits per heavy atom. The van der Waals surface area contributed by atoms with E-state index < -0.39 is 6.30 Å². The summed E-state index contributed by atoms with van der Waals surface area (Å²) in [6.07, 6.45) is -3.57. The van der Waals surface area contributed by atoms with Crippen molar-refractivity contribution in [1.82, 2.24) is 4.90 Å². The van der Waals surface area contributed by atoms with Crippen molar-refractivity contribution < 1.29 is 13.2 Å². The predicted octanol–water partition coefficient (Wildman–Crippen LogP) is 1.58.